The number of aromatic nitrogens is 3. The molecule has 0 saturated carbocycles. The predicted octanol–water partition coefficient (Wildman–Crippen LogP) is 3.25. The van der Waals surface area contributed by atoms with E-state index >= 15 is 0 Å². The number of hydrogen-bond acceptors (Lipinski definition) is 2. The fraction of sp³-hybridized carbons (Fsp3) is 0.200. The van der Waals surface area contributed by atoms with Crippen LogP contribution in [0.4, 0.5) is 0 Å². The van der Waals surface area contributed by atoms with E-state index in [0.29, 0.717) is 0 Å². The molecule has 0 amide bonds. The molecule has 3 nitrogen and oxygen atoms in total. The molecule has 0 atom stereocenters. The highest BCUT2D eigenvalue weighted by atomic mass is 14.9. The highest BCUT2D eigenvalue weighted by Crippen LogP contribution is 2.25. The molecule has 0 aliphatic heterocycles. The normalized spacial score (nSPS) is 11.1. The van der Waals surface area contributed by atoms with Crippen LogP contribution in [-0.4, -0.2) is 14.5 Å². The molecule has 0 fully saturated rings. The molecule has 3 heteroatoms. The fourth-order valence-corrected chi connectivity index (χ4v) is 2.32. The van der Waals surface area contributed by atoms with Crippen molar-refractivity contribution >= 4 is 10.9 Å². The summed E-state index contributed by atoms with van der Waals surface area (Å²) in [5.74, 6) is 0.792. The number of benzene rings is 1. The van der Waals surface area contributed by atoms with Gasteiger partial charge in [0.1, 0.15) is 0 Å². The predicted molar refractivity (Wildman–Crippen MR) is 73.4 cm³/mol. The topological polar surface area (TPSA) is 30.7 Å². The lowest BCUT2D eigenvalue weighted by atomic mass is 10.1. The quantitative estimate of drug-likeness (QED) is 0.650. The molecular weight excluding hydrogens is 222 g/mol. The molecular formula is C15H15N3. The third kappa shape index (κ3) is 1.68. The second-order valence-corrected chi connectivity index (χ2v) is 4.68. The zero-order valence-electron chi connectivity index (χ0n) is 10.8. The van der Waals surface area contributed by atoms with Crippen LogP contribution in [0.15, 0.2) is 36.7 Å². The van der Waals surface area contributed by atoms with Crippen molar-refractivity contribution in [2.24, 2.45) is 7.05 Å². The molecule has 0 radical (unpaired) electrons. The van der Waals surface area contributed by atoms with Crippen molar-refractivity contribution < 1.29 is 0 Å². The fourth-order valence-electron chi connectivity index (χ4n) is 2.32. The standard InChI is InChI=1S/C15H15N3/c1-10-9-18(3)14-5-4-12(8-13(10)14)15-16-7-6-11(2)17-15/h4-9H,1-3H3. The molecule has 0 aliphatic rings. The van der Waals surface area contributed by atoms with Crippen LogP contribution in [0.2, 0.25) is 0 Å². The first-order valence-electron chi connectivity index (χ1n) is 6.01. The lowest BCUT2D eigenvalue weighted by molar-refractivity contribution is 0.964. The molecule has 1 aromatic carbocycles. The maximum absolute atomic E-state index is 4.47. The minimum atomic E-state index is 0.792. The minimum Gasteiger partial charge on any atom is -0.350 e. The van der Waals surface area contributed by atoms with Gasteiger partial charge in [0.2, 0.25) is 0 Å². The van der Waals surface area contributed by atoms with Gasteiger partial charge in [0, 0.05) is 41.6 Å². The molecule has 0 unspecified atom stereocenters. The van der Waals surface area contributed by atoms with Crippen molar-refractivity contribution in [1.82, 2.24) is 14.5 Å². The number of fused-ring (bicyclic) bond motifs is 1. The highest BCUT2D eigenvalue weighted by Gasteiger charge is 2.07. The largest absolute Gasteiger partial charge is 0.350 e. The van der Waals surface area contributed by atoms with Crippen molar-refractivity contribution in [1.29, 1.82) is 0 Å². The molecule has 2 aromatic heterocycles. The average molecular weight is 237 g/mol. The minimum absolute atomic E-state index is 0.792. The molecule has 18 heavy (non-hydrogen) atoms. The van der Waals surface area contributed by atoms with Crippen molar-refractivity contribution in [2.45, 2.75) is 13.8 Å². The van der Waals surface area contributed by atoms with E-state index in [9.17, 15) is 0 Å². The first-order valence-corrected chi connectivity index (χ1v) is 6.01. The van der Waals surface area contributed by atoms with E-state index in [4.69, 9.17) is 0 Å². The molecule has 3 rings (SSSR count). The first-order chi connectivity index (χ1) is 8.65. The van der Waals surface area contributed by atoms with Gasteiger partial charge in [-0.15, -0.1) is 0 Å². The van der Waals surface area contributed by atoms with Crippen LogP contribution in [-0.2, 0) is 7.05 Å². The second-order valence-electron chi connectivity index (χ2n) is 4.68. The van der Waals surface area contributed by atoms with Gasteiger partial charge in [-0.05, 0) is 43.7 Å². The van der Waals surface area contributed by atoms with Gasteiger partial charge in [-0.2, -0.15) is 0 Å². The Labute approximate surface area is 106 Å². The SMILES string of the molecule is Cc1ccnc(-c2ccc3c(c2)c(C)cn3C)n1. The Morgan fingerprint density at radius 3 is 2.72 bits per heavy atom. The molecule has 0 saturated heterocycles. The Morgan fingerprint density at radius 2 is 1.94 bits per heavy atom. The van der Waals surface area contributed by atoms with Crippen LogP contribution in [0.1, 0.15) is 11.3 Å². The summed E-state index contributed by atoms with van der Waals surface area (Å²) in [6.45, 7) is 4.11. The van der Waals surface area contributed by atoms with E-state index in [2.05, 4.69) is 52.9 Å². The highest BCUT2D eigenvalue weighted by molar-refractivity contribution is 5.87. The molecule has 0 bridgehead atoms. The molecule has 90 valence electrons. The van der Waals surface area contributed by atoms with Gasteiger partial charge >= 0.3 is 0 Å². The van der Waals surface area contributed by atoms with Gasteiger partial charge in [-0.1, -0.05) is 0 Å². The summed E-state index contributed by atoms with van der Waals surface area (Å²) in [6, 6.07) is 8.29. The number of hydrogen-bond donors (Lipinski definition) is 0. The summed E-state index contributed by atoms with van der Waals surface area (Å²) in [5, 5.41) is 1.26. The van der Waals surface area contributed by atoms with E-state index in [-0.39, 0.29) is 0 Å². The maximum Gasteiger partial charge on any atom is 0.159 e. The zero-order valence-corrected chi connectivity index (χ0v) is 10.8. The average Bonchev–Trinajstić information content (AvgIpc) is 2.65. The van der Waals surface area contributed by atoms with Crippen LogP contribution in [0.3, 0.4) is 0 Å². The Hall–Kier alpha value is -2.16. The van der Waals surface area contributed by atoms with Crippen LogP contribution in [0.5, 0.6) is 0 Å². The Morgan fingerprint density at radius 1 is 1.11 bits per heavy atom. The van der Waals surface area contributed by atoms with Crippen molar-refractivity contribution in [3.63, 3.8) is 0 Å². The summed E-state index contributed by atoms with van der Waals surface area (Å²) >= 11 is 0. The third-order valence-corrected chi connectivity index (χ3v) is 3.24. The lowest BCUT2D eigenvalue weighted by Gasteiger charge is -2.02. The summed E-state index contributed by atoms with van der Waals surface area (Å²) < 4.78 is 2.14. The van der Waals surface area contributed by atoms with Crippen molar-refractivity contribution in [2.75, 3.05) is 0 Å². The Bertz CT molecular complexity index is 726. The smallest absolute Gasteiger partial charge is 0.159 e. The third-order valence-electron chi connectivity index (χ3n) is 3.24. The number of nitrogens with zero attached hydrogens (tertiary/aromatic N) is 3. The van der Waals surface area contributed by atoms with E-state index < -0.39 is 0 Å². The van der Waals surface area contributed by atoms with Crippen LogP contribution in [0.25, 0.3) is 22.3 Å². The van der Waals surface area contributed by atoms with Crippen LogP contribution < -0.4 is 0 Å². The second kappa shape index (κ2) is 3.95. The van der Waals surface area contributed by atoms with Crippen molar-refractivity contribution in [3.05, 3.63) is 47.9 Å². The van der Waals surface area contributed by atoms with Gasteiger partial charge in [-0.25, -0.2) is 9.97 Å². The Kier molecular flexibility index (Phi) is 2.40. The van der Waals surface area contributed by atoms with Crippen molar-refractivity contribution in [3.8, 4) is 11.4 Å². The van der Waals surface area contributed by atoms with E-state index in [1.54, 1.807) is 6.20 Å². The van der Waals surface area contributed by atoms with Gasteiger partial charge in [0.05, 0.1) is 0 Å². The summed E-state index contributed by atoms with van der Waals surface area (Å²) in [7, 11) is 2.07. The van der Waals surface area contributed by atoms with Gasteiger partial charge in [0.25, 0.3) is 0 Å². The van der Waals surface area contributed by atoms with Gasteiger partial charge in [0.15, 0.2) is 5.82 Å². The summed E-state index contributed by atoms with van der Waals surface area (Å²) in [5.41, 5.74) is 4.58. The van der Waals surface area contributed by atoms with Gasteiger partial charge < -0.3 is 4.57 Å². The monoisotopic (exact) mass is 237 g/mol. The van der Waals surface area contributed by atoms with Crippen LogP contribution >= 0.6 is 0 Å². The number of rotatable bonds is 1. The zero-order chi connectivity index (χ0) is 12.7. The summed E-state index contributed by atoms with van der Waals surface area (Å²) in [6.07, 6.45) is 3.95. The van der Waals surface area contributed by atoms with E-state index in [1.165, 1.54) is 16.5 Å². The van der Waals surface area contributed by atoms with E-state index in [0.717, 1.165) is 17.1 Å². The first kappa shape index (κ1) is 11.0. The molecule has 0 spiro atoms. The molecule has 2 heterocycles. The molecule has 3 aromatic rings. The van der Waals surface area contributed by atoms with E-state index in [1.807, 2.05) is 13.0 Å². The molecule has 0 aliphatic carbocycles. The van der Waals surface area contributed by atoms with Gasteiger partial charge in [-0.3, -0.25) is 0 Å². The Balaban J connectivity index is 2.22. The number of aryl methyl sites for hydroxylation is 3. The van der Waals surface area contributed by atoms with Crippen LogP contribution in [0, 0.1) is 13.8 Å². The molecule has 0 N–H and O–H groups in total. The lowest BCUT2D eigenvalue weighted by Crippen LogP contribution is -1.90. The summed E-state index contributed by atoms with van der Waals surface area (Å²) in [4.78, 5) is 8.80. The maximum atomic E-state index is 4.47.